The van der Waals surface area contributed by atoms with Crippen LogP contribution in [0.1, 0.15) is 99.5 Å². The molecule has 0 saturated carbocycles. The van der Waals surface area contributed by atoms with E-state index in [0.717, 1.165) is 43.2 Å². The summed E-state index contributed by atoms with van der Waals surface area (Å²) in [6.45, 7) is 12.6. The quantitative estimate of drug-likeness (QED) is 0.134. The number of nitrogens with zero attached hydrogens (tertiary/aromatic N) is 2. The van der Waals surface area contributed by atoms with Crippen molar-refractivity contribution in [3.05, 3.63) is 46.5 Å². The molecule has 0 amide bonds. The molecule has 6 heteroatoms. The van der Waals surface area contributed by atoms with E-state index >= 15 is 0 Å². The zero-order valence-electron chi connectivity index (χ0n) is 22.8. The molecule has 0 N–H and O–H groups in total. The van der Waals surface area contributed by atoms with Gasteiger partial charge in [0.15, 0.2) is 0 Å². The van der Waals surface area contributed by atoms with Gasteiger partial charge in [0.25, 0.3) is 0 Å². The molecule has 1 heterocycles. The van der Waals surface area contributed by atoms with Crippen LogP contribution >= 0.6 is 11.3 Å². The van der Waals surface area contributed by atoms with Gasteiger partial charge in [-0.2, -0.15) is 5.26 Å². The van der Waals surface area contributed by atoms with Crippen LogP contribution in [0.5, 0.6) is 5.75 Å². The molecule has 0 atom stereocenters. The fourth-order valence-corrected chi connectivity index (χ4v) is 4.62. The van der Waals surface area contributed by atoms with Crippen LogP contribution in [0.25, 0.3) is 10.6 Å². The second-order valence-corrected chi connectivity index (χ2v) is 10.8. The second kappa shape index (κ2) is 16.6. The number of benzene rings is 1. The number of hydrogen-bond acceptors (Lipinski definition) is 6. The molecular formula is C31H40N2O3S. The number of ether oxygens (including phenoxy) is 2. The Bertz CT molecular complexity index is 1130. The van der Waals surface area contributed by atoms with Crippen molar-refractivity contribution in [2.75, 3.05) is 13.2 Å². The van der Waals surface area contributed by atoms with Gasteiger partial charge in [0.05, 0.1) is 24.5 Å². The fourth-order valence-electron chi connectivity index (χ4n) is 3.66. The van der Waals surface area contributed by atoms with Gasteiger partial charge >= 0.3 is 5.97 Å². The zero-order valence-corrected chi connectivity index (χ0v) is 23.6. The summed E-state index contributed by atoms with van der Waals surface area (Å²) in [5, 5.41) is 10.2. The van der Waals surface area contributed by atoms with Gasteiger partial charge in [-0.3, -0.25) is 0 Å². The van der Waals surface area contributed by atoms with Crippen LogP contribution in [0.2, 0.25) is 0 Å². The van der Waals surface area contributed by atoms with Gasteiger partial charge < -0.3 is 9.47 Å². The standard InChI is InChI=1S/C31H40N2O3S/c1-23(2)16-14-12-10-8-6-7-9-11-13-15-19-35-31(34)29-25(5)33-30(37-29)26-17-18-28(27(20-26)21-32)36-22-24(3)4/h17-18,20,24H,1,6-13,15,19,22H2,2-5H3. The van der Waals surface area contributed by atoms with Crippen molar-refractivity contribution in [3.63, 3.8) is 0 Å². The van der Waals surface area contributed by atoms with Gasteiger partial charge in [0.2, 0.25) is 0 Å². The molecule has 5 nitrogen and oxygen atoms in total. The monoisotopic (exact) mass is 520 g/mol. The summed E-state index contributed by atoms with van der Waals surface area (Å²) in [5.41, 5.74) is 2.83. The number of esters is 1. The number of rotatable bonds is 15. The Morgan fingerprint density at radius 1 is 1.11 bits per heavy atom. The van der Waals surface area contributed by atoms with Gasteiger partial charge in [0.1, 0.15) is 21.7 Å². The second-order valence-electron chi connectivity index (χ2n) is 9.76. The van der Waals surface area contributed by atoms with E-state index in [0.29, 0.717) is 46.0 Å². The van der Waals surface area contributed by atoms with Gasteiger partial charge in [0, 0.05) is 12.0 Å². The number of carbonyl (C=O) groups excluding carboxylic acids is 1. The Morgan fingerprint density at radius 3 is 2.43 bits per heavy atom. The first-order valence-corrected chi connectivity index (χ1v) is 14.1. The molecule has 1 aromatic heterocycles. The maximum atomic E-state index is 12.6. The number of nitriles is 1. The van der Waals surface area contributed by atoms with Gasteiger partial charge in [-0.05, 0) is 56.4 Å². The van der Waals surface area contributed by atoms with Gasteiger partial charge in [-0.1, -0.05) is 70.8 Å². The SMILES string of the molecule is C=C(C)C#CCCCCCCCCCCOC(=O)c1sc(-c2ccc(OCC(C)C)c(C#N)c2)nc1C. The molecule has 0 spiro atoms. The number of carbonyl (C=O) groups is 1. The van der Waals surface area contributed by atoms with E-state index in [1.165, 1.54) is 37.0 Å². The lowest BCUT2D eigenvalue weighted by atomic mass is 10.1. The highest BCUT2D eigenvalue weighted by Gasteiger charge is 2.18. The van der Waals surface area contributed by atoms with Crippen LogP contribution in [0.4, 0.5) is 0 Å². The minimum Gasteiger partial charge on any atom is -0.492 e. The Hall–Kier alpha value is -3.09. The van der Waals surface area contributed by atoms with Crippen LogP contribution in [-0.2, 0) is 4.74 Å². The molecule has 0 aliphatic heterocycles. The molecule has 0 fully saturated rings. The van der Waals surface area contributed by atoms with Crippen molar-refractivity contribution in [3.8, 4) is 34.2 Å². The van der Waals surface area contributed by atoms with E-state index in [2.05, 4.69) is 43.3 Å². The number of aromatic nitrogens is 1. The summed E-state index contributed by atoms with van der Waals surface area (Å²) >= 11 is 1.30. The molecule has 198 valence electrons. The lowest BCUT2D eigenvalue weighted by Gasteiger charge is -2.10. The van der Waals surface area contributed by atoms with Crippen molar-refractivity contribution < 1.29 is 14.3 Å². The third-order valence-electron chi connectivity index (χ3n) is 5.63. The molecule has 0 saturated heterocycles. The number of hydrogen-bond donors (Lipinski definition) is 0. The molecule has 37 heavy (non-hydrogen) atoms. The Labute approximate surface area is 226 Å². The lowest BCUT2D eigenvalue weighted by Crippen LogP contribution is -2.06. The Kier molecular flexibility index (Phi) is 13.5. The Morgan fingerprint density at radius 2 is 1.78 bits per heavy atom. The van der Waals surface area contributed by atoms with E-state index in [-0.39, 0.29) is 5.97 Å². The summed E-state index contributed by atoms with van der Waals surface area (Å²) in [7, 11) is 0. The molecular weight excluding hydrogens is 480 g/mol. The minimum absolute atomic E-state index is 0.326. The average Bonchev–Trinajstić information content (AvgIpc) is 3.26. The normalized spacial score (nSPS) is 10.5. The Balaban J connectivity index is 1.71. The molecule has 0 aliphatic carbocycles. The molecule has 0 radical (unpaired) electrons. The van der Waals surface area contributed by atoms with Crippen LogP contribution in [0, 0.1) is 36.0 Å². The minimum atomic E-state index is -0.326. The van der Waals surface area contributed by atoms with Crippen molar-refractivity contribution in [2.24, 2.45) is 5.92 Å². The van der Waals surface area contributed by atoms with Crippen molar-refractivity contribution in [1.82, 2.24) is 4.98 Å². The smallest absolute Gasteiger partial charge is 0.350 e. The highest BCUT2D eigenvalue weighted by atomic mass is 32.1. The number of thiazole rings is 1. The maximum absolute atomic E-state index is 12.6. The topological polar surface area (TPSA) is 72.2 Å². The summed E-state index contributed by atoms with van der Waals surface area (Å²) < 4.78 is 11.3. The van der Waals surface area contributed by atoms with Crippen LogP contribution in [0.15, 0.2) is 30.4 Å². The third kappa shape index (κ3) is 11.2. The first-order valence-electron chi connectivity index (χ1n) is 13.3. The van der Waals surface area contributed by atoms with Crippen LogP contribution in [-0.4, -0.2) is 24.2 Å². The summed E-state index contributed by atoms with van der Waals surface area (Å²) in [5.74, 6) is 6.78. The summed E-state index contributed by atoms with van der Waals surface area (Å²) in [4.78, 5) is 17.7. The lowest BCUT2D eigenvalue weighted by molar-refractivity contribution is 0.0502. The molecule has 2 rings (SSSR count). The first-order chi connectivity index (χ1) is 17.8. The van der Waals surface area contributed by atoms with Gasteiger partial charge in [-0.25, -0.2) is 9.78 Å². The molecule has 1 aromatic carbocycles. The highest BCUT2D eigenvalue weighted by Crippen LogP contribution is 2.31. The van der Waals surface area contributed by atoms with E-state index in [1.54, 1.807) is 12.1 Å². The van der Waals surface area contributed by atoms with Crippen molar-refractivity contribution >= 4 is 17.3 Å². The summed E-state index contributed by atoms with van der Waals surface area (Å²) in [6, 6.07) is 7.63. The predicted molar refractivity (Wildman–Crippen MR) is 152 cm³/mol. The largest absolute Gasteiger partial charge is 0.492 e. The van der Waals surface area contributed by atoms with E-state index in [4.69, 9.17) is 9.47 Å². The molecule has 0 unspecified atom stereocenters. The van der Waals surface area contributed by atoms with Gasteiger partial charge in [-0.15, -0.1) is 11.3 Å². The van der Waals surface area contributed by atoms with Crippen molar-refractivity contribution in [1.29, 1.82) is 5.26 Å². The fraction of sp³-hybridized carbons (Fsp3) is 0.516. The molecule has 0 aliphatic rings. The zero-order chi connectivity index (χ0) is 27.0. The first kappa shape index (κ1) is 30.1. The average molecular weight is 521 g/mol. The maximum Gasteiger partial charge on any atom is 0.350 e. The highest BCUT2D eigenvalue weighted by molar-refractivity contribution is 7.17. The van der Waals surface area contributed by atoms with Crippen molar-refractivity contribution in [2.45, 2.75) is 85.5 Å². The van der Waals surface area contributed by atoms with E-state index in [1.807, 2.05) is 19.9 Å². The number of aryl methyl sites for hydroxylation is 1. The number of unbranched alkanes of at least 4 members (excludes halogenated alkanes) is 8. The molecule has 2 aromatic rings. The predicted octanol–water partition coefficient (Wildman–Crippen LogP) is 8.27. The number of allylic oxidation sites excluding steroid dienone is 1. The summed E-state index contributed by atoms with van der Waals surface area (Å²) in [6.07, 6.45) is 10.2. The third-order valence-corrected chi connectivity index (χ3v) is 6.82. The van der Waals surface area contributed by atoms with E-state index in [9.17, 15) is 10.1 Å². The van der Waals surface area contributed by atoms with E-state index < -0.39 is 0 Å². The van der Waals surface area contributed by atoms with Crippen LogP contribution in [0.3, 0.4) is 0 Å². The molecule has 0 bridgehead atoms. The van der Waals surface area contributed by atoms with Crippen LogP contribution < -0.4 is 4.74 Å².